The molecule has 4 nitrogen and oxygen atoms in total. The number of hydrogen-bond donors (Lipinski definition) is 6. The van der Waals surface area contributed by atoms with Gasteiger partial charge in [-0.2, -0.15) is 25.3 Å². The molecule has 1 fully saturated rings. The van der Waals surface area contributed by atoms with E-state index >= 15 is 0 Å². The highest BCUT2D eigenvalue weighted by molar-refractivity contribution is 15.0. The van der Waals surface area contributed by atoms with Crippen LogP contribution >= 0.6 is 84.1 Å². The molecule has 4 unspecified atom stereocenters. The first-order chi connectivity index (χ1) is 8.52. The number of aliphatic hydroxyl groups is 4. The van der Waals surface area contributed by atoms with Crippen LogP contribution in [0, 0.1) is 0 Å². The maximum Gasteiger partial charge on any atom is 0.0906 e. The average molecular weight is 560 g/mol. The van der Waals surface area contributed by atoms with Crippen molar-refractivity contribution in [2.45, 2.75) is 24.4 Å². The summed E-state index contributed by atoms with van der Waals surface area (Å²) in [6.45, 7) is 0. The highest BCUT2D eigenvalue weighted by atomic mass is 128. The molecule has 10 heteroatoms. The minimum Gasteiger partial charge on any atom is -0.390 e. The summed E-state index contributed by atoms with van der Waals surface area (Å²) in [5.74, 6) is 1.88. The quantitative estimate of drug-likeness (QED) is 0.178. The van der Waals surface area contributed by atoms with E-state index in [1.54, 1.807) is 21.6 Å². The van der Waals surface area contributed by atoms with Crippen molar-refractivity contribution >= 4 is 84.1 Å². The van der Waals surface area contributed by atoms with Gasteiger partial charge >= 0.3 is 0 Å². The number of aliphatic hydroxyl groups excluding tert-OH is 4. The second-order valence-electron chi connectivity index (χ2n) is 3.20. The topological polar surface area (TPSA) is 80.9 Å². The Hall–Kier alpha value is 2.70. The first-order valence-electron chi connectivity index (χ1n) is 4.85. The van der Waals surface area contributed by atoms with Gasteiger partial charge in [0.15, 0.2) is 0 Å². The summed E-state index contributed by atoms with van der Waals surface area (Å²) in [6.07, 6.45) is -2.48. The fourth-order valence-corrected chi connectivity index (χ4v) is 3.52. The number of thiol groups is 2. The van der Waals surface area contributed by atoms with E-state index in [4.69, 9.17) is 20.4 Å². The van der Waals surface area contributed by atoms with Crippen molar-refractivity contribution in [2.75, 3.05) is 23.0 Å². The van der Waals surface area contributed by atoms with Gasteiger partial charge in [-0.15, -0.1) is 0 Å². The molecule has 0 amide bonds. The molecule has 112 valence electrons. The Labute approximate surface area is 150 Å². The maximum absolute atomic E-state index is 8.89. The van der Waals surface area contributed by atoms with Crippen molar-refractivity contribution < 1.29 is 20.4 Å². The van der Waals surface area contributed by atoms with Crippen LogP contribution in [0.5, 0.6) is 0 Å². The van der Waals surface area contributed by atoms with E-state index in [0.717, 1.165) is 0 Å². The largest absolute Gasteiger partial charge is 0.390 e. The van der Waals surface area contributed by atoms with Crippen molar-refractivity contribution in [1.82, 2.24) is 0 Å². The predicted octanol–water partition coefficient (Wildman–Crippen LogP) is 1.44. The SMILES string of the molecule is II.OC(CS)C(O)CS.OC1CSSCC1O. The van der Waals surface area contributed by atoms with Gasteiger partial charge < -0.3 is 20.4 Å². The lowest BCUT2D eigenvalue weighted by Gasteiger charge is -2.20. The minimum absolute atomic E-state index is 0.279. The van der Waals surface area contributed by atoms with Crippen LogP contribution in [0.3, 0.4) is 0 Å². The van der Waals surface area contributed by atoms with Crippen LogP contribution in [-0.4, -0.2) is 67.9 Å². The van der Waals surface area contributed by atoms with Gasteiger partial charge in [0, 0.05) is 60.2 Å². The number of rotatable bonds is 3. The van der Waals surface area contributed by atoms with Crippen molar-refractivity contribution in [3.8, 4) is 0 Å². The minimum atomic E-state index is -0.740. The molecule has 1 aliphatic heterocycles. The zero-order chi connectivity index (χ0) is 14.6. The lowest BCUT2D eigenvalue weighted by molar-refractivity contribution is 0.0493. The van der Waals surface area contributed by atoms with Crippen LogP contribution in [0.15, 0.2) is 0 Å². The number of halogens is 2. The fraction of sp³-hybridized carbons (Fsp3) is 1.00. The predicted molar refractivity (Wildman–Crippen MR) is 105 cm³/mol. The van der Waals surface area contributed by atoms with Crippen molar-refractivity contribution in [3.63, 3.8) is 0 Å². The lowest BCUT2D eigenvalue weighted by atomic mass is 10.3. The fourth-order valence-electron chi connectivity index (χ4n) is 0.701. The molecular formula is C8H18I2O4S4. The third-order valence-electron chi connectivity index (χ3n) is 1.82. The van der Waals surface area contributed by atoms with E-state index < -0.39 is 24.4 Å². The summed E-state index contributed by atoms with van der Waals surface area (Å²) >= 11 is 11.8. The first-order valence-corrected chi connectivity index (χ1v) is 14.9. The van der Waals surface area contributed by atoms with E-state index in [2.05, 4.69) is 62.5 Å². The summed E-state index contributed by atoms with van der Waals surface area (Å²) in [5.41, 5.74) is 0. The standard InChI is InChI=1S/C4H8O2S2.C4H10O2S2.I2/c5-3-1-7-8-2-4(3)6;5-3(1-7)4(6)2-8;1-2/h3-6H,1-2H2;3-8H,1-2H2;. The van der Waals surface area contributed by atoms with E-state index in [1.165, 1.54) is 0 Å². The van der Waals surface area contributed by atoms with Gasteiger partial charge in [0.05, 0.1) is 24.4 Å². The Morgan fingerprint density at radius 3 is 1.39 bits per heavy atom. The Kier molecular flexibility index (Phi) is 20.5. The van der Waals surface area contributed by atoms with Gasteiger partial charge in [-0.1, -0.05) is 21.6 Å². The van der Waals surface area contributed by atoms with E-state index in [-0.39, 0.29) is 11.5 Å². The molecule has 0 radical (unpaired) electrons. The van der Waals surface area contributed by atoms with Crippen LogP contribution in [0.4, 0.5) is 0 Å². The van der Waals surface area contributed by atoms with Gasteiger partial charge in [-0.25, -0.2) is 0 Å². The van der Waals surface area contributed by atoms with E-state index in [1.807, 2.05) is 0 Å². The Morgan fingerprint density at radius 1 is 0.944 bits per heavy atom. The second-order valence-corrected chi connectivity index (χ2v) is 6.49. The van der Waals surface area contributed by atoms with Crippen LogP contribution in [0.25, 0.3) is 0 Å². The van der Waals surface area contributed by atoms with Crippen molar-refractivity contribution in [3.05, 3.63) is 0 Å². The molecule has 0 aromatic heterocycles. The molecule has 4 N–H and O–H groups in total. The van der Waals surface area contributed by atoms with Gasteiger partial charge in [0.2, 0.25) is 0 Å². The van der Waals surface area contributed by atoms with Gasteiger partial charge in [-0.3, -0.25) is 0 Å². The first kappa shape index (κ1) is 23.0. The lowest BCUT2D eigenvalue weighted by Crippen LogP contribution is -2.32. The summed E-state index contributed by atoms with van der Waals surface area (Å²) in [4.78, 5) is 0. The summed E-state index contributed by atoms with van der Waals surface area (Å²) < 4.78 is 0. The molecule has 0 saturated carbocycles. The van der Waals surface area contributed by atoms with E-state index in [0.29, 0.717) is 11.5 Å². The molecule has 4 atom stereocenters. The van der Waals surface area contributed by atoms with Crippen molar-refractivity contribution in [1.29, 1.82) is 0 Å². The third-order valence-corrected chi connectivity index (χ3v) is 5.01. The van der Waals surface area contributed by atoms with Gasteiger partial charge in [0.25, 0.3) is 0 Å². The van der Waals surface area contributed by atoms with Crippen LogP contribution in [-0.2, 0) is 0 Å². The molecule has 1 rings (SSSR count). The molecule has 0 aliphatic carbocycles. The highest BCUT2D eigenvalue weighted by Crippen LogP contribution is 2.29. The molecule has 0 spiro atoms. The molecule has 0 bridgehead atoms. The van der Waals surface area contributed by atoms with E-state index in [9.17, 15) is 0 Å². The normalized spacial score (nSPS) is 26.0. The van der Waals surface area contributed by atoms with Crippen LogP contribution in [0.1, 0.15) is 0 Å². The second kappa shape index (κ2) is 16.1. The van der Waals surface area contributed by atoms with Gasteiger partial charge in [0.1, 0.15) is 0 Å². The van der Waals surface area contributed by atoms with Crippen molar-refractivity contribution in [2.24, 2.45) is 0 Å². The molecular weight excluding hydrogens is 542 g/mol. The molecule has 1 heterocycles. The number of hydrogen-bond acceptors (Lipinski definition) is 8. The van der Waals surface area contributed by atoms with Crippen LogP contribution < -0.4 is 0 Å². The van der Waals surface area contributed by atoms with Crippen LogP contribution in [0.2, 0.25) is 0 Å². The third kappa shape index (κ3) is 12.4. The maximum atomic E-state index is 8.89. The molecule has 18 heavy (non-hydrogen) atoms. The molecule has 0 aromatic rings. The summed E-state index contributed by atoms with van der Waals surface area (Å²) in [7, 11) is 3.23. The summed E-state index contributed by atoms with van der Waals surface area (Å²) in [6, 6.07) is 0. The van der Waals surface area contributed by atoms with Gasteiger partial charge in [-0.05, 0) is 0 Å². The molecule has 1 aliphatic rings. The zero-order valence-corrected chi connectivity index (χ0v) is 17.1. The molecule has 0 aromatic carbocycles. The summed E-state index contributed by atoms with van der Waals surface area (Å²) in [5, 5.41) is 35.3. The smallest absolute Gasteiger partial charge is 0.0906 e. The monoisotopic (exact) mass is 560 g/mol. The Balaban J connectivity index is 0. The Morgan fingerprint density at radius 2 is 1.22 bits per heavy atom. The highest BCUT2D eigenvalue weighted by Gasteiger charge is 2.20. The Bertz CT molecular complexity index is 161. The average Bonchev–Trinajstić information content (AvgIpc) is 2.43. The zero-order valence-electron chi connectivity index (χ0n) is 9.39. The molecule has 1 saturated heterocycles.